The summed E-state index contributed by atoms with van der Waals surface area (Å²) in [6.07, 6.45) is 5.94. The van der Waals surface area contributed by atoms with Crippen molar-refractivity contribution in [3.63, 3.8) is 0 Å². The number of hydrogen-bond acceptors (Lipinski definition) is 1. The average Bonchev–Trinajstić information content (AvgIpc) is 1.95. The molecule has 3 heteroatoms. The van der Waals surface area contributed by atoms with Gasteiger partial charge in [-0.25, -0.2) is 0 Å². The van der Waals surface area contributed by atoms with E-state index in [1.54, 1.807) is 0 Å². The lowest BCUT2D eigenvalue weighted by Crippen LogP contribution is -2.50. The van der Waals surface area contributed by atoms with Crippen LogP contribution in [0.25, 0.3) is 0 Å². The van der Waals surface area contributed by atoms with E-state index in [2.05, 4.69) is 20.8 Å². The van der Waals surface area contributed by atoms with Gasteiger partial charge in [0.05, 0.1) is 4.83 Å². The van der Waals surface area contributed by atoms with E-state index in [-0.39, 0.29) is 4.83 Å². The van der Waals surface area contributed by atoms with Gasteiger partial charge < -0.3 is 4.90 Å². The van der Waals surface area contributed by atoms with E-state index in [9.17, 15) is 4.79 Å². The molecule has 2 fully saturated rings. The molecule has 12 heavy (non-hydrogen) atoms. The molecule has 1 saturated heterocycles. The molecule has 0 N–H and O–H groups in total. The largest absolute Gasteiger partial charge is 0.339 e. The molecule has 0 aromatic rings. The van der Waals surface area contributed by atoms with Crippen LogP contribution in [0.1, 0.15) is 32.1 Å². The van der Waals surface area contributed by atoms with Crippen molar-refractivity contribution in [2.24, 2.45) is 0 Å². The van der Waals surface area contributed by atoms with Gasteiger partial charge in [-0.1, -0.05) is 15.9 Å². The molecular weight excluding hydrogens is 218 g/mol. The molecule has 1 unspecified atom stereocenters. The highest BCUT2D eigenvalue weighted by Crippen LogP contribution is 2.29. The number of halogens is 1. The molecule has 2 nitrogen and oxygen atoms in total. The molecule has 2 aliphatic rings. The van der Waals surface area contributed by atoms with Crippen LogP contribution >= 0.6 is 15.9 Å². The Morgan fingerprint density at radius 2 is 2.00 bits per heavy atom. The third kappa shape index (κ3) is 1.39. The van der Waals surface area contributed by atoms with Crippen molar-refractivity contribution in [3.05, 3.63) is 0 Å². The summed E-state index contributed by atoms with van der Waals surface area (Å²) in [5.41, 5.74) is 0. The smallest absolute Gasteiger partial charge is 0.236 e. The molecule has 68 valence electrons. The first-order chi connectivity index (χ1) is 5.79. The lowest BCUT2D eigenvalue weighted by molar-refractivity contribution is -0.136. The average molecular weight is 232 g/mol. The minimum absolute atomic E-state index is 0.104. The first-order valence-electron chi connectivity index (χ1n) is 4.73. The minimum Gasteiger partial charge on any atom is -0.339 e. The standard InChI is InChI=1S/C9H14BrNO/c10-8-5-2-6-11(9(8)12)7-3-1-4-7/h7-8H,1-6H2. The first kappa shape index (κ1) is 8.54. The lowest BCUT2D eigenvalue weighted by Gasteiger charge is -2.41. The van der Waals surface area contributed by atoms with Gasteiger partial charge in [0, 0.05) is 12.6 Å². The van der Waals surface area contributed by atoms with Gasteiger partial charge in [0.15, 0.2) is 0 Å². The fraction of sp³-hybridized carbons (Fsp3) is 0.889. The van der Waals surface area contributed by atoms with Crippen LogP contribution < -0.4 is 0 Å². The Labute approximate surface area is 81.4 Å². The Kier molecular flexibility index (Phi) is 2.40. The Bertz CT molecular complexity index is 191. The van der Waals surface area contributed by atoms with Crippen LogP contribution in [0, 0.1) is 0 Å². The van der Waals surface area contributed by atoms with Crippen LogP contribution in [0.5, 0.6) is 0 Å². The van der Waals surface area contributed by atoms with Gasteiger partial charge in [0.25, 0.3) is 0 Å². The van der Waals surface area contributed by atoms with Gasteiger partial charge >= 0.3 is 0 Å². The van der Waals surface area contributed by atoms with Crippen molar-refractivity contribution >= 4 is 21.8 Å². The molecule has 0 spiro atoms. The number of nitrogens with zero attached hydrogens (tertiary/aromatic N) is 1. The molecule has 0 bridgehead atoms. The van der Waals surface area contributed by atoms with E-state index in [1.165, 1.54) is 19.3 Å². The normalized spacial score (nSPS) is 31.9. The molecule has 1 atom stereocenters. The summed E-state index contributed by atoms with van der Waals surface area (Å²) in [6, 6.07) is 0.581. The summed E-state index contributed by atoms with van der Waals surface area (Å²) in [7, 11) is 0. The highest BCUT2D eigenvalue weighted by molar-refractivity contribution is 9.10. The monoisotopic (exact) mass is 231 g/mol. The molecule has 1 aliphatic carbocycles. The minimum atomic E-state index is 0.104. The van der Waals surface area contributed by atoms with Gasteiger partial charge in [0.1, 0.15) is 0 Å². The maximum atomic E-state index is 11.6. The second kappa shape index (κ2) is 3.36. The Balaban J connectivity index is 1.98. The molecule has 1 aliphatic heterocycles. The first-order valence-corrected chi connectivity index (χ1v) is 5.65. The van der Waals surface area contributed by atoms with E-state index in [0.29, 0.717) is 11.9 Å². The SMILES string of the molecule is O=C1C(Br)CCCN1C1CCC1. The summed E-state index contributed by atoms with van der Waals surface area (Å²) >= 11 is 3.42. The Hall–Kier alpha value is -0.0500. The molecule has 2 rings (SSSR count). The molecule has 0 aromatic carbocycles. The Morgan fingerprint density at radius 1 is 1.25 bits per heavy atom. The molecule has 1 heterocycles. The number of amides is 1. The zero-order valence-electron chi connectivity index (χ0n) is 7.13. The van der Waals surface area contributed by atoms with Crippen LogP contribution in [0.15, 0.2) is 0 Å². The zero-order valence-corrected chi connectivity index (χ0v) is 8.72. The highest BCUT2D eigenvalue weighted by atomic mass is 79.9. The summed E-state index contributed by atoms with van der Waals surface area (Å²) in [5.74, 6) is 0.325. The molecule has 1 saturated carbocycles. The van der Waals surface area contributed by atoms with E-state index >= 15 is 0 Å². The van der Waals surface area contributed by atoms with Crippen molar-refractivity contribution in [2.45, 2.75) is 43.0 Å². The van der Waals surface area contributed by atoms with Crippen molar-refractivity contribution in [3.8, 4) is 0 Å². The van der Waals surface area contributed by atoms with E-state index in [4.69, 9.17) is 0 Å². The third-order valence-corrected chi connectivity index (χ3v) is 3.77. The summed E-state index contributed by atoms with van der Waals surface area (Å²) < 4.78 is 0. The number of likely N-dealkylation sites (tertiary alicyclic amines) is 1. The highest BCUT2D eigenvalue weighted by Gasteiger charge is 2.34. The van der Waals surface area contributed by atoms with Gasteiger partial charge in [-0.05, 0) is 32.1 Å². The quantitative estimate of drug-likeness (QED) is 0.632. The van der Waals surface area contributed by atoms with Crippen LogP contribution in [0.4, 0.5) is 0 Å². The van der Waals surface area contributed by atoms with Crippen LogP contribution in [-0.2, 0) is 4.79 Å². The second-order valence-electron chi connectivity index (χ2n) is 3.73. The fourth-order valence-electron chi connectivity index (χ4n) is 1.92. The van der Waals surface area contributed by atoms with E-state index in [1.807, 2.05) is 0 Å². The predicted octanol–water partition coefficient (Wildman–Crippen LogP) is 1.92. The van der Waals surface area contributed by atoms with Crippen molar-refractivity contribution in [2.75, 3.05) is 6.54 Å². The number of carbonyl (C=O) groups is 1. The maximum absolute atomic E-state index is 11.6. The topological polar surface area (TPSA) is 20.3 Å². The summed E-state index contributed by atoms with van der Waals surface area (Å²) in [5, 5.41) is 0. The van der Waals surface area contributed by atoms with Gasteiger partial charge in [-0.15, -0.1) is 0 Å². The molecule has 0 radical (unpaired) electrons. The zero-order chi connectivity index (χ0) is 8.55. The van der Waals surface area contributed by atoms with Gasteiger partial charge in [-0.2, -0.15) is 0 Å². The summed E-state index contributed by atoms with van der Waals surface area (Å²) in [4.78, 5) is 13.8. The molecular formula is C9H14BrNO. The van der Waals surface area contributed by atoms with Gasteiger partial charge in [-0.3, -0.25) is 4.79 Å². The lowest BCUT2D eigenvalue weighted by atomic mass is 9.90. The number of piperidine rings is 1. The Morgan fingerprint density at radius 3 is 2.58 bits per heavy atom. The maximum Gasteiger partial charge on any atom is 0.236 e. The fourth-order valence-corrected chi connectivity index (χ4v) is 2.50. The molecule has 0 aromatic heterocycles. The van der Waals surface area contributed by atoms with Crippen LogP contribution in [0.3, 0.4) is 0 Å². The number of alkyl halides is 1. The third-order valence-electron chi connectivity index (χ3n) is 2.92. The molecule has 1 amide bonds. The van der Waals surface area contributed by atoms with Gasteiger partial charge in [0.2, 0.25) is 5.91 Å². The van der Waals surface area contributed by atoms with Crippen LogP contribution in [0.2, 0.25) is 0 Å². The van der Waals surface area contributed by atoms with E-state index < -0.39 is 0 Å². The van der Waals surface area contributed by atoms with Crippen LogP contribution in [-0.4, -0.2) is 28.2 Å². The number of hydrogen-bond donors (Lipinski definition) is 0. The number of carbonyl (C=O) groups excluding carboxylic acids is 1. The summed E-state index contributed by atoms with van der Waals surface area (Å²) in [6.45, 7) is 0.992. The van der Waals surface area contributed by atoms with Crippen molar-refractivity contribution in [1.29, 1.82) is 0 Å². The number of rotatable bonds is 1. The van der Waals surface area contributed by atoms with E-state index in [0.717, 1.165) is 19.4 Å². The second-order valence-corrected chi connectivity index (χ2v) is 4.83. The van der Waals surface area contributed by atoms with Crippen molar-refractivity contribution < 1.29 is 4.79 Å². The van der Waals surface area contributed by atoms with Crippen molar-refractivity contribution in [1.82, 2.24) is 4.90 Å². The predicted molar refractivity (Wildman–Crippen MR) is 51.3 cm³/mol.